The van der Waals surface area contributed by atoms with Gasteiger partial charge in [-0.2, -0.15) is 0 Å². The summed E-state index contributed by atoms with van der Waals surface area (Å²) in [5.41, 5.74) is 4.83. The first-order chi connectivity index (χ1) is 16.6. The average molecular weight is 492 g/mol. The van der Waals surface area contributed by atoms with Gasteiger partial charge in [0.2, 0.25) is 17.4 Å². The van der Waals surface area contributed by atoms with Gasteiger partial charge in [0.05, 0.1) is 21.3 Å². The maximum absolute atomic E-state index is 12.8. The van der Waals surface area contributed by atoms with E-state index in [1.54, 1.807) is 26.0 Å². The summed E-state index contributed by atoms with van der Waals surface area (Å²) in [6.07, 6.45) is 2.88. The molecule has 1 saturated heterocycles. The fourth-order valence-corrected chi connectivity index (χ4v) is 3.84. The Hall–Kier alpha value is -3.30. The summed E-state index contributed by atoms with van der Waals surface area (Å²) < 4.78 is 16.0. The summed E-state index contributed by atoms with van der Waals surface area (Å²) in [7, 11) is 4.54. The molecule has 0 bridgehead atoms. The zero-order valence-electron chi connectivity index (χ0n) is 21.5. The van der Waals surface area contributed by atoms with Crippen LogP contribution < -0.4 is 25.1 Å². The number of likely N-dealkylation sites (tertiary alicyclic amines) is 1. The van der Waals surface area contributed by atoms with Crippen molar-refractivity contribution in [1.82, 2.24) is 15.8 Å². The van der Waals surface area contributed by atoms with Crippen LogP contribution in [0, 0.1) is 5.41 Å². The standard InChI is InChI=1S/C25H37N3O7/c1-7-25(2,3)22(30)24(32)28-13-9-8-10-17(28)23(31)27-26-20(29)12-11-16-14-18(33-4)21(35-6)19(15-16)34-5/h14-15,17H,7-13H2,1-6H3,(H,26,29)(H,27,31). The van der Waals surface area contributed by atoms with Crippen LogP contribution in [0.2, 0.25) is 0 Å². The van der Waals surface area contributed by atoms with Gasteiger partial charge in [-0.15, -0.1) is 0 Å². The van der Waals surface area contributed by atoms with Crippen molar-refractivity contribution in [3.8, 4) is 17.2 Å². The molecule has 1 fully saturated rings. The summed E-state index contributed by atoms with van der Waals surface area (Å²) in [6, 6.07) is 2.71. The number of piperidine rings is 1. The lowest BCUT2D eigenvalue weighted by atomic mass is 9.84. The Morgan fingerprint density at radius 3 is 2.17 bits per heavy atom. The molecular weight excluding hydrogens is 454 g/mol. The molecular formula is C25H37N3O7. The molecule has 2 N–H and O–H groups in total. The van der Waals surface area contributed by atoms with E-state index in [1.165, 1.54) is 26.2 Å². The summed E-state index contributed by atoms with van der Waals surface area (Å²) in [5, 5.41) is 0. The molecule has 1 heterocycles. The largest absolute Gasteiger partial charge is 0.493 e. The van der Waals surface area contributed by atoms with Crippen molar-refractivity contribution < 1.29 is 33.4 Å². The van der Waals surface area contributed by atoms with E-state index >= 15 is 0 Å². The molecule has 1 atom stereocenters. The van der Waals surface area contributed by atoms with Crippen LogP contribution >= 0.6 is 0 Å². The highest BCUT2D eigenvalue weighted by atomic mass is 16.5. The first-order valence-corrected chi connectivity index (χ1v) is 11.8. The SMILES string of the molecule is CCC(C)(C)C(=O)C(=O)N1CCCCC1C(=O)NNC(=O)CCc1cc(OC)c(OC)c(OC)c1. The van der Waals surface area contributed by atoms with Gasteiger partial charge >= 0.3 is 0 Å². The van der Waals surface area contributed by atoms with Crippen LogP contribution in [-0.2, 0) is 25.6 Å². The molecule has 0 aliphatic carbocycles. The normalized spacial score (nSPS) is 15.7. The van der Waals surface area contributed by atoms with Gasteiger partial charge in [0.1, 0.15) is 6.04 Å². The number of hydrogen-bond donors (Lipinski definition) is 2. The monoisotopic (exact) mass is 491 g/mol. The molecule has 0 radical (unpaired) electrons. The van der Waals surface area contributed by atoms with Crippen molar-refractivity contribution in [2.45, 2.75) is 65.3 Å². The fraction of sp³-hybridized carbons (Fsp3) is 0.600. The zero-order valence-corrected chi connectivity index (χ0v) is 21.5. The quantitative estimate of drug-likeness (QED) is 0.380. The van der Waals surface area contributed by atoms with E-state index < -0.39 is 35.0 Å². The van der Waals surface area contributed by atoms with Gasteiger partial charge < -0.3 is 19.1 Å². The third-order valence-electron chi connectivity index (χ3n) is 6.45. The third kappa shape index (κ3) is 6.86. The molecule has 10 heteroatoms. The minimum Gasteiger partial charge on any atom is -0.493 e. The van der Waals surface area contributed by atoms with E-state index in [-0.39, 0.29) is 6.42 Å². The number of carbonyl (C=O) groups excluding carboxylic acids is 4. The molecule has 2 rings (SSSR count). The number of nitrogens with zero attached hydrogens (tertiary/aromatic N) is 1. The van der Waals surface area contributed by atoms with Crippen LogP contribution in [0.15, 0.2) is 12.1 Å². The lowest BCUT2D eigenvalue weighted by Gasteiger charge is -2.35. The second-order valence-corrected chi connectivity index (χ2v) is 9.15. The molecule has 3 amide bonds. The van der Waals surface area contributed by atoms with E-state index in [1.807, 2.05) is 6.92 Å². The maximum Gasteiger partial charge on any atom is 0.291 e. The van der Waals surface area contributed by atoms with Crippen LogP contribution in [0.5, 0.6) is 17.2 Å². The molecule has 1 aliphatic heterocycles. The number of amides is 3. The summed E-state index contributed by atoms with van der Waals surface area (Å²) in [5.74, 6) is -0.635. The van der Waals surface area contributed by atoms with E-state index in [0.29, 0.717) is 43.1 Å². The summed E-state index contributed by atoms with van der Waals surface area (Å²) >= 11 is 0. The number of benzene rings is 1. The number of methoxy groups -OCH3 is 3. The minimum absolute atomic E-state index is 0.0927. The van der Waals surface area contributed by atoms with Crippen molar-refractivity contribution in [2.24, 2.45) is 5.41 Å². The van der Waals surface area contributed by atoms with Gasteiger partial charge in [0, 0.05) is 18.4 Å². The molecule has 1 unspecified atom stereocenters. The Balaban J connectivity index is 1.97. The smallest absolute Gasteiger partial charge is 0.291 e. The lowest BCUT2D eigenvalue weighted by Crippen LogP contribution is -2.57. The summed E-state index contributed by atoms with van der Waals surface area (Å²) in [6.45, 7) is 5.62. The van der Waals surface area contributed by atoms with Crippen LogP contribution in [-0.4, -0.2) is 62.3 Å². The molecule has 194 valence electrons. The number of hydrogen-bond acceptors (Lipinski definition) is 7. The average Bonchev–Trinajstić information content (AvgIpc) is 2.88. The van der Waals surface area contributed by atoms with Gasteiger partial charge in [-0.1, -0.05) is 20.8 Å². The van der Waals surface area contributed by atoms with Gasteiger partial charge in [-0.05, 0) is 49.8 Å². The number of nitrogens with one attached hydrogen (secondary N) is 2. The van der Waals surface area contributed by atoms with Crippen LogP contribution in [0.1, 0.15) is 58.4 Å². The predicted octanol–water partition coefficient (Wildman–Crippen LogP) is 2.18. The molecule has 1 aromatic carbocycles. The van der Waals surface area contributed by atoms with E-state index in [4.69, 9.17) is 14.2 Å². The molecule has 1 aliphatic rings. The van der Waals surface area contributed by atoms with Gasteiger partial charge in [0.25, 0.3) is 11.8 Å². The van der Waals surface area contributed by atoms with Crippen molar-refractivity contribution in [2.75, 3.05) is 27.9 Å². The second-order valence-electron chi connectivity index (χ2n) is 9.15. The minimum atomic E-state index is -0.803. The summed E-state index contributed by atoms with van der Waals surface area (Å²) in [4.78, 5) is 52.0. The molecule has 0 aromatic heterocycles. The lowest BCUT2D eigenvalue weighted by molar-refractivity contribution is -0.154. The number of ketones is 1. The number of rotatable bonds is 10. The number of ether oxygens (including phenoxy) is 3. The van der Waals surface area contributed by atoms with Crippen LogP contribution in [0.25, 0.3) is 0 Å². The van der Waals surface area contributed by atoms with E-state index in [9.17, 15) is 19.2 Å². The van der Waals surface area contributed by atoms with Gasteiger partial charge in [0.15, 0.2) is 11.5 Å². The Labute approximate surface area is 206 Å². The number of carbonyl (C=O) groups is 4. The Kier molecular flexibility index (Phi) is 9.91. The van der Waals surface area contributed by atoms with E-state index in [2.05, 4.69) is 10.9 Å². The Morgan fingerprint density at radius 1 is 1.00 bits per heavy atom. The van der Waals surface area contributed by atoms with Crippen LogP contribution in [0.4, 0.5) is 0 Å². The highest BCUT2D eigenvalue weighted by molar-refractivity contribution is 6.38. The molecule has 0 spiro atoms. The highest BCUT2D eigenvalue weighted by Gasteiger charge is 2.40. The first-order valence-electron chi connectivity index (χ1n) is 11.8. The molecule has 1 aromatic rings. The Bertz CT molecular complexity index is 920. The molecule has 35 heavy (non-hydrogen) atoms. The zero-order chi connectivity index (χ0) is 26.2. The Morgan fingerprint density at radius 2 is 1.63 bits per heavy atom. The van der Waals surface area contributed by atoms with Crippen molar-refractivity contribution in [1.29, 1.82) is 0 Å². The fourth-order valence-electron chi connectivity index (χ4n) is 3.84. The number of aryl methyl sites for hydroxylation is 1. The maximum atomic E-state index is 12.8. The van der Waals surface area contributed by atoms with Gasteiger partial charge in [-0.3, -0.25) is 30.0 Å². The molecule has 10 nitrogen and oxygen atoms in total. The second kappa shape index (κ2) is 12.4. The topological polar surface area (TPSA) is 123 Å². The molecule has 0 saturated carbocycles. The van der Waals surface area contributed by atoms with Crippen molar-refractivity contribution in [3.63, 3.8) is 0 Å². The highest BCUT2D eigenvalue weighted by Crippen LogP contribution is 2.38. The first kappa shape index (κ1) is 27.9. The number of Topliss-reactive ketones (excluding diaryl/α,β-unsaturated/α-hetero) is 1. The van der Waals surface area contributed by atoms with E-state index in [0.717, 1.165) is 18.4 Å². The van der Waals surface area contributed by atoms with Crippen LogP contribution in [0.3, 0.4) is 0 Å². The predicted molar refractivity (Wildman–Crippen MR) is 129 cm³/mol. The third-order valence-corrected chi connectivity index (χ3v) is 6.45. The van der Waals surface area contributed by atoms with Gasteiger partial charge in [-0.25, -0.2) is 0 Å². The number of hydrazine groups is 1. The van der Waals surface area contributed by atoms with Crippen molar-refractivity contribution >= 4 is 23.5 Å². The van der Waals surface area contributed by atoms with Crippen molar-refractivity contribution in [3.05, 3.63) is 17.7 Å².